The normalized spacial score (nSPS) is 17.7. The van der Waals surface area contributed by atoms with Crippen LogP contribution in [-0.2, 0) is 16.6 Å². The number of halogens is 1. The third-order valence-corrected chi connectivity index (χ3v) is 5.69. The largest absolute Gasteiger partial charge is 0.309 e. The summed E-state index contributed by atoms with van der Waals surface area (Å²) in [6.45, 7) is 3.86. The van der Waals surface area contributed by atoms with Gasteiger partial charge in [-0.2, -0.15) is 0 Å². The van der Waals surface area contributed by atoms with Gasteiger partial charge >= 0.3 is 0 Å². The first kappa shape index (κ1) is 19.2. The van der Waals surface area contributed by atoms with E-state index in [0.29, 0.717) is 28.6 Å². The zero-order valence-corrected chi connectivity index (χ0v) is 17.1. The highest BCUT2D eigenvalue weighted by Crippen LogP contribution is 2.41. The summed E-state index contributed by atoms with van der Waals surface area (Å²) in [4.78, 5) is 35.2. The Bertz CT molecular complexity index is 1300. The molecule has 0 spiro atoms. The number of aryl methyl sites for hydroxylation is 1. The van der Waals surface area contributed by atoms with Crippen molar-refractivity contribution in [3.05, 3.63) is 65.9 Å². The fourth-order valence-corrected chi connectivity index (χ4v) is 3.86. The van der Waals surface area contributed by atoms with Crippen LogP contribution in [0.1, 0.15) is 43.6 Å². The monoisotopic (exact) mass is 417 g/mol. The number of rotatable bonds is 5. The first-order chi connectivity index (χ1) is 15.0. The van der Waals surface area contributed by atoms with Crippen molar-refractivity contribution in [1.82, 2.24) is 29.3 Å². The molecule has 0 bridgehead atoms. The molecule has 9 heteroatoms. The van der Waals surface area contributed by atoms with Crippen LogP contribution < -0.4 is 5.32 Å². The Morgan fingerprint density at radius 2 is 2.03 bits per heavy atom. The number of pyridine rings is 1. The lowest BCUT2D eigenvalue weighted by atomic mass is 9.81. The van der Waals surface area contributed by atoms with Gasteiger partial charge in [0.1, 0.15) is 22.7 Å². The molecule has 0 aromatic carbocycles. The maximum atomic E-state index is 13.3. The summed E-state index contributed by atoms with van der Waals surface area (Å²) < 4.78 is 15.2. The summed E-state index contributed by atoms with van der Waals surface area (Å²) in [7, 11) is 0. The van der Waals surface area contributed by atoms with E-state index in [-0.39, 0.29) is 5.91 Å². The molecular weight excluding hydrogens is 397 g/mol. The maximum Gasteiger partial charge on any atom is 0.242 e. The van der Waals surface area contributed by atoms with Crippen molar-refractivity contribution in [1.29, 1.82) is 0 Å². The summed E-state index contributed by atoms with van der Waals surface area (Å²) in [6, 6.07) is 2.79. The van der Waals surface area contributed by atoms with E-state index in [9.17, 15) is 9.18 Å². The molecule has 31 heavy (non-hydrogen) atoms. The molecule has 156 valence electrons. The Kier molecular flexibility index (Phi) is 4.46. The minimum absolute atomic E-state index is 0.283. The Morgan fingerprint density at radius 1 is 1.16 bits per heavy atom. The van der Waals surface area contributed by atoms with Crippen molar-refractivity contribution in [2.45, 2.75) is 38.5 Å². The highest BCUT2D eigenvalue weighted by molar-refractivity contribution is 6.07. The Labute approximate surface area is 177 Å². The molecule has 0 aliphatic carbocycles. The van der Waals surface area contributed by atoms with Gasteiger partial charge in [0.15, 0.2) is 11.5 Å². The van der Waals surface area contributed by atoms with Gasteiger partial charge < -0.3 is 9.72 Å². The number of carbonyl (C=O) groups is 1. The van der Waals surface area contributed by atoms with Gasteiger partial charge in [-0.1, -0.05) is 13.3 Å². The number of amides is 1. The lowest BCUT2D eigenvalue weighted by Crippen LogP contribution is -2.33. The van der Waals surface area contributed by atoms with E-state index >= 15 is 0 Å². The molecule has 1 unspecified atom stereocenters. The number of hydrogen-bond donors (Lipinski definition) is 1. The first-order valence-corrected chi connectivity index (χ1v) is 10.1. The lowest BCUT2D eigenvalue weighted by molar-refractivity contribution is -0.119. The van der Waals surface area contributed by atoms with E-state index in [2.05, 4.69) is 32.2 Å². The van der Waals surface area contributed by atoms with Gasteiger partial charge in [-0.3, -0.25) is 9.78 Å². The van der Waals surface area contributed by atoms with Gasteiger partial charge in [-0.25, -0.2) is 24.3 Å². The second-order valence-corrected chi connectivity index (χ2v) is 7.73. The lowest BCUT2D eigenvalue weighted by Gasteiger charge is -2.20. The van der Waals surface area contributed by atoms with Crippen LogP contribution in [0.25, 0.3) is 17.2 Å². The number of aromatic nitrogens is 6. The zero-order chi connectivity index (χ0) is 21.6. The molecule has 8 nitrogen and oxygen atoms in total. The van der Waals surface area contributed by atoms with Crippen LogP contribution in [0.5, 0.6) is 0 Å². The molecule has 5 rings (SSSR count). The molecule has 0 radical (unpaired) electrons. The van der Waals surface area contributed by atoms with Gasteiger partial charge in [0.25, 0.3) is 0 Å². The Morgan fingerprint density at radius 3 is 2.81 bits per heavy atom. The van der Waals surface area contributed by atoms with Crippen LogP contribution in [-0.4, -0.2) is 35.2 Å². The SMILES string of the molecule is CCCCc1nc(-c2ncc3c(n2)NC(=O)C3(C)c2ccc(F)cn2)cn2ccnc12. The van der Waals surface area contributed by atoms with Gasteiger partial charge in [-0.05, 0) is 31.9 Å². The highest BCUT2D eigenvalue weighted by atomic mass is 19.1. The molecule has 0 saturated heterocycles. The molecule has 1 atom stereocenters. The summed E-state index contributed by atoms with van der Waals surface area (Å²) in [5, 5.41) is 2.82. The van der Waals surface area contributed by atoms with Gasteiger partial charge in [-0.15, -0.1) is 0 Å². The fourth-order valence-electron chi connectivity index (χ4n) is 3.86. The average Bonchev–Trinajstić information content (AvgIpc) is 3.35. The van der Waals surface area contributed by atoms with E-state index in [0.717, 1.165) is 36.8 Å². The smallest absolute Gasteiger partial charge is 0.242 e. The summed E-state index contributed by atoms with van der Waals surface area (Å²) in [5.74, 6) is 0.0714. The third kappa shape index (κ3) is 3.04. The van der Waals surface area contributed by atoms with Crippen LogP contribution in [0.3, 0.4) is 0 Å². The standard InChI is InChI=1S/C22H20FN7O/c1-3-4-5-15-20-24-8-9-30(20)12-16(27-15)19-26-11-14-18(28-19)29-21(31)22(14,2)17-7-6-13(23)10-25-17/h6-12H,3-5H2,1-2H3,(H,26,28,29,31). The maximum absolute atomic E-state index is 13.3. The molecule has 4 aromatic heterocycles. The van der Waals surface area contributed by atoms with Gasteiger partial charge in [0.2, 0.25) is 5.91 Å². The van der Waals surface area contributed by atoms with Crippen molar-refractivity contribution in [3.8, 4) is 11.5 Å². The number of anilines is 1. The number of nitrogens with zero attached hydrogens (tertiary/aromatic N) is 6. The number of imidazole rings is 1. The van der Waals surface area contributed by atoms with Crippen molar-refractivity contribution < 1.29 is 9.18 Å². The predicted molar refractivity (Wildman–Crippen MR) is 112 cm³/mol. The zero-order valence-electron chi connectivity index (χ0n) is 17.1. The highest BCUT2D eigenvalue weighted by Gasteiger charge is 2.46. The first-order valence-electron chi connectivity index (χ1n) is 10.1. The quantitative estimate of drug-likeness (QED) is 0.535. The van der Waals surface area contributed by atoms with E-state index in [1.54, 1.807) is 19.3 Å². The van der Waals surface area contributed by atoms with E-state index in [1.165, 1.54) is 12.1 Å². The van der Waals surface area contributed by atoms with E-state index < -0.39 is 11.2 Å². The van der Waals surface area contributed by atoms with Crippen molar-refractivity contribution >= 4 is 17.4 Å². The minimum Gasteiger partial charge on any atom is -0.309 e. The van der Waals surface area contributed by atoms with E-state index in [1.807, 2.05) is 16.8 Å². The second-order valence-electron chi connectivity index (χ2n) is 7.73. The number of unbranched alkanes of at least 4 members (excludes halogenated alkanes) is 1. The van der Waals surface area contributed by atoms with Crippen LogP contribution in [0.2, 0.25) is 0 Å². The van der Waals surface area contributed by atoms with Crippen LogP contribution in [0.15, 0.2) is 43.1 Å². The van der Waals surface area contributed by atoms with Gasteiger partial charge in [0, 0.05) is 30.4 Å². The summed E-state index contributed by atoms with van der Waals surface area (Å²) >= 11 is 0. The predicted octanol–water partition coefficient (Wildman–Crippen LogP) is 3.32. The number of hydrogen-bond acceptors (Lipinski definition) is 6. The third-order valence-electron chi connectivity index (χ3n) is 5.69. The Hall–Kier alpha value is -3.75. The molecule has 5 heterocycles. The average molecular weight is 417 g/mol. The molecule has 1 aliphatic rings. The fraction of sp³-hybridized carbons (Fsp3) is 0.273. The van der Waals surface area contributed by atoms with Crippen LogP contribution in [0.4, 0.5) is 10.2 Å². The number of fused-ring (bicyclic) bond motifs is 2. The number of carbonyl (C=O) groups excluding carboxylic acids is 1. The molecule has 1 amide bonds. The molecule has 1 N–H and O–H groups in total. The number of nitrogens with one attached hydrogen (secondary N) is 1. The minimum atomic E-state index is -1.10. The summed E-state index contributed by atoms with van der Waals surface area (Å²) in [5.41, 5.74) is 2.23. The van der Waals surface area contributed by atoms with Crippen molar-refractivity contribution in [2.24, 2.45) is 0 Å². The van der Waals surface area contributed by atoms with Crippen molar-refractivity contribution in [3.63, 3.8) is 0 Å². The second kappa shape index (κ2) is 7.19. The summed E-state index contributed by atoms with van der Waals surface area (Å²) in [6.07, 6.45) is 11.0. The molecule has 4 aromatic rings. The van der Waals surface area contributed by atoms with Crippen LogP contribution >= 0.6 is 0 Å². The van der Waals surface area contributed by atoms with Crippen LogP contribution in [0, 0.1) is 5.82 Å². The van der Waals surface area contributed by atoms with E-state index in [4.69, 9.17) is 4.98 Å². The topological polar surface area (TPSA) is 98.0 Å². The molecular formula is C22H20FN7O. The van der Waals surface area contributed by atoms with Crippen molar-refractivity contribution in [2.75, 3.05) is 5.32 Å². The molecule has 0 fully saturated rings. The Balaban J connectivity index is 1.58. The van der Waals surface area contributed by atoms with Gasteiger partial charge in [0.05, 0.1) is 17.6 Å². The molecule has 0 saturated carbocycles. The molecule has 1 aliphatic heterocycles.